The zero-order chi connectivity index (χ0) is 19.9. The number of carbonyl (C=O) groups is 2. The molecule has 1 aromatic rings. The van der Waals surface area contributed by atoms with Gasteiger partial charge in [0.2, 0.25) is 11.8 Å². The first-order valence-corrected chi connectivity index (χ1v) is 9.95. The largest absolute Gasteiger partial charge is 0.416 e. The monoisotopic (exact) mass is 394 g/mol. The van der Waals surface area contributed by atoms with Crippen LogP contribution in [0.25, 0.3) is 0 Å². The summed E-state index contributed by atoms with van der Waals surface area (Å²) in [7, 11) is 0. The molecule has 4 aliphatic carbocycles. The van der Waals surface area contributed by atoms with Crippen molar-refractivity contribution in [3.05, 3.63) is 35.4 Å². The number of hydrogen-bond donors (Lipinski definition) is 2. The second-order valence-corrected chi connectivity index (χ2v) is 8.86. The van der Waals surface area contributed by atoms with Gasteiger partial charge in [0, 0.05) is 12.0 Å². The number of nitrogens with one attached hydrogen (secondary N) is 2. The summed E-state index contributed by atoms with van der Waals surface area (Å²) < 4.78 is 38.3. The van der Waals surface area contributed by atoms with Crippen molar-refractivity contribution >= 4 is 11.8 Å². The highest BCUT2D eigenvalue weighted by Crippen LogP contribution is 2.60. The zero-order valence-corrected chi connectivity index (χ0v) is 15.6. The second-order valence-electron chi connectivity index (χ2n) is 8.86. The van der Waals surface area contributed by atoms with Crippen molar-refractivity contribution in [3.63, 3.8) is 0 Å². The van der Waals surface area contributed by atoms with Gasteiger partial charge in [-0.25, -0.2) is 0 Å². The summed E-state index contributed by atoms with van der Waals surface area (Å²) in [5.41, 5.74) is -0.680. The standard InChI is InChI=1S/C21H25F3N2O2/c22-21(23,24)17-3-1-2-13(7-17)11-25-18(27)12-26-19(28)20-8-14-4-15(9-20)6-16(5-14)10-20/h1-3,7,14-16H,4-6,8-12H2,(H,25,27)(H,26,28). The molecule has 0 aliphatic heterocycles. The molecule has 7 heteroatoms. The Morgan fingerprint density at radius 1 is 1.00 bits per heavy atom. The molecule has 0 aromatic heterocycles. The number of benzene rings is 1. The summed E-state index contributed by atoms with van der Waals surface area (Å²) in [4.78, 5) is 24.9. The lowest BCUT2D eigenvalue weighted by molar-refractivity contribution is -0.147. The minimum absolute atomic E-state index is 0.00398. The van der Waals surface area contributed by atoms with E-state index >= 15 is 0 Å². The number of amides is 2. The molecule has 4 bridgehead atoms. The van der Waals surface area contributed by atoms with Crippen molar-refractivity contribution in [2.45, 2.75) is 51.2 Å². The van der Waals surface area contributed by atoms with Gasteiger partial charge in [0.25, 0.3) is 0 Å². The van der Waals surface area contributed by atoms with Crippen LogP contribution in [-0.4, -0.2) is 18.4 Å². The molecule has 1 aromatic carbocycles. The van der Waals surface area contributed by atoms with Crippen LogP contribution >= 0.6 is 0 Å². The first-order chi connectivity index (χ1) is 13.2. The van der Waals surface area contributed by atoms with Gasteiger partial charge in [-0.3, -0.25) is 9.59 Å². The van der Waals surface area contributed by atoms with Crippen molar-refractivity contribution in [3.8, 4) is 0 Å². The van der Waals surface area contributed by atoms with Gasteiger partial charge in [0.1, 0.15) is 0 Å². The van der Waals surface area contributed by atoms with E-state index in [-0.39, 0.29) is 24.4 Å². The quantitative estimate of drug-likeness (QED) is 0.801. The van der Waals surface area contributed by atoms with Crippen LogP contribution in [0.1, 0.15) is 49.7 Å². The van der Waals surface area contributed by atoms with Gasteiger partial charge in [-0.1, -0.05) is 12.1 Å². The summed E-state index contributed by atoms with van der Waals surface area (Å²) in [6.45, 7) is -0.143. The van der Waals surface area contributed by atoms with Crippen LogP contribution in [0.2, 0.25) is 0 Å². The Hall–Kier alpha value is -2.05. The zero-order valence-electron chi connectivity index (χ0n) is 15.6. The molecule has 0 saturated heterocycles. The lowest BCUT2D eigenvalue weighted by Gasteiger charge is -2.55. The van der Waals surface area contributed by atoms with E-state index in [1.54, 1.807) is 0 Å². The molecule has 4 saturated carbocycles. The van der Waals surface area contributed by atoms with Crippen molar-refractivity contribution in [2.75, 3.05) is 6.54 Å². The third kappa shape index (κ3) is 3.89. The lowest BCUT2D eigenvalue weighted by atomic mass is 9.49. The van der Waals surface area contributed by atoms with Gasteiger partial charge in [0.15, 0.2) is 0 Å². The number of rotatable bonds is 5. The van der Waals surface area contributed by atoms with Gasteiger partial charge in [-0.05, 0) is 74.0 Å². The Bertz CT molecular complexity index is 740. The average molecular weight is 394 g/mol. The predicted molar refractivity (Wildman–Crippen MR) is 96.9 cm³/mol. The molecule has 2 N–H and O–H groups in total. The van der Waals surface area contributed by atoms with Crippen molar-refractivity contribution in [1.29, 1.82) is 0 Å². The van der Waals surface area contributed by atoms with E-state index in [9.17, 15) is 22.8 Å². The summed E-state index contributed by atoms with van der Waals surface area (Å²) in [6.07, 6.45) is 2.09. The normalized spacial score (nSPS) is 30.9. The maximum Gasteiger partial charge on any atom is 0.416 e. The molecule has 2 amide bonds. The van der Waals surface area contributed by atoms with Gasteiger partial charge in [-0.2, -0.15) is 13.2 Å². The molecule has 5 rings (SSSR count). The Morgan fingerprint density at radius 2 is 1.61 bits per heavy atom. The third-order valence-electron chi connectivity index (χ3n) is 6.67. The SMILES string of the molecule is O=C(CNC(=O)C12CC3CC(CC(C3)C1)C2)NCc1cccc(C(F)(F)F)c1. The number of halogens is 3. The lowest BCUT2D eigenvalue weighted by Crippen LogP contribution is -2.54. The Kier molecular flexibility index (Phi) is 4.88. The fraction of sp³-hybridized carbons (Fsp3) is 0.619. The molecule has 28 heavy (non-hydrogen) atoms. The molecule has 0 unspecified atom stereocenters. The second kappa shape index (κ2) is 7.08. The van der Waals surface area contributed by atoms with E-state index in [0.29, 0.717) is 23.3 Å². The Morgan fingerprint density at radius 3 is 2.18 bits per heavy atom. The molecule has 0 radical (unpaired) electrons. The molecule has 4 nitrogen and oxygen atoms in total. The molecule has 152 valence electrons. The Labute approximate surface area is 162 Å². The molecular formula is C21H25F3N2O2. The molecule has 0 heterocycles. The van der Waals surface area contributed by atoms with Crippen LogP contribution < -0.4 is 10.6 Å². The van der Waals surface area contributed by atoms with E-state index in [1.165, 1.54) is 31.4 Å². The summed E-state index contributed by atoms with van der Waals surface area (Å²) in [6, 6.07) is 4.87. The highest BCUT2D eigenvalue weighted by Gasteiger charge is 2.54. The molecule has 0 atom stereocenters. The van der Waals surface area contributed by atoms with Crippen LogP contribution in [0.15, 0.2) is 24.3 Å². The fourth-order valence-electron chi connectivity index (χ4n) is 5.86. The smallest absolute Gasteiger partial charge is 0.350 e. The average Bonchev–Trinajstić information content (AvgIpc) is 2.63. The van der Waals surface area contributed by atoms with Crippen molar-refractivity contribution in [2.24, 2.45) is 23.2 Å². The summed E-state index contributed by atoms with van der Waals surface area (Å²) >= 11 is 0. The fourth-order valence-corrected chi connectivity index (χ4v) is 5.86. The van der Waals surface area contributed by atoms with Crippen molar-refractivity contribution < 1.29 is 22.8 Å². The predicted octanol–water partition coefficient (Wildman–Crippen LogP) is 3.65. The van der Waals surface area contributed by atoms with Gasteiger partial charge in [0.05, 0.1) is 12.1 Å². The van der Waals surface area contributed by atoms with Crippen LogP contribution in [0.5, 0.6) is 0 Å². The van der Waals surface area contributed by atoms with Gasteiger partial charge in [-0.15, -0.1) is 0 Å². The van der Waals surface area contributed by atoms with Crippen LogP contribution in [0.4, 0.5) is 13.2 Å². The third-order valence-corrected chi connectivity index (χ3v) is 6.67. The van der Waals surface area contributed by atoms with Gasteiger partial charge < -0.3 is 10.6 Å². The van der Waals surface area contributed by atoms with E-state index in [2.05, 4.69) is 10.6 Å². The summed E-state index contributed by atoms with van der Waals surface area (Å²) in [5.74, 6) is 1.52. The highest BCUT2D eigenvalue weighted by molar-refractivity contribution is 5.88. The van der Waals surface area contributed by atoms with Crippen LogP contribution in [-0.2, 0) is 22.3 Å². The van der Waals surface area contributed by atoms with Crippen molar-refractivity contribution in [1.82, 2.24) is 10.6 Å². The highest BCUT2D eigenvalue weighted by atomic mass is 19.4. The topological polar surface area (TPSA) is 58.2 Å². The van der Waals surface area contributed by atoms with E-state index in [0.717, 1.165) is 31.4 Å². The molecule has 4 fully saturated rings. The molecule has 4 aliphatic rings. The number of hydrogen-bond acceptors (Lipinski definition) is 2. The first-order valence-electron chi connectivity index (χ1n) is 9.95. The first kappa shape index (κ1) is 19.3. The van der Waals surface area contributed by atoms with Crippen LogP contribution in [0, 0.1) is 23.2 Å². The van der Waals surface area contributed by atoms with Gasteiger partial charge >= 0.3 is 6.18 Å². The minimum Gasteiger partial charge on any atom is -0.350 e. The number of alkyl halides is 3. The summed E-state index contributed by atoms with van der Waals surface area (Å²) in [5, 5.41) is 5.37. The minimum atomic E-state index is -4.41. The van der Waals surface area contributed by atoms with E-state index in [1.807, 2.05) is 0 Å². The molecule has 0 spiro atoms. The van der Waals surface area contributed by atoms with E-state index in [4.69, 9.17) is 0 Å². The maximum atomic E-state index is 12.8. The Balaban J connectivity index is 1.28. The van der Waals surface area contributed by atoms with E-state index < -0.39 is 17.6 Å². The molecular weight excluding hydrogens is 369 g/mol. The number of carbonyl (C=O) groups excluding carboxylic acids is 2. The maximum absolute atomic E-state index is 12.8. The van der Waals surface area contributed by atoms with Crippen LogP contribution in [0.3, 0.4) is 0 Å².